The lowest BCUT2D eigenvalue weighted by molar-refractivity contribution is 0.580. The number of hydrogen-bond donors (Lipinski definition) is 0. The van der Waals surface area contributed by atoms with Crippen molar-refractivity contribution in [2.75, 3.05) is 0 Å². The molecule has 0 fully saturated rings. The van der Waals surface area contributed by atoms with Crippen LogP contribution in [0.4, 0.5) is 13.2 Å². The molecule has 0 saturated carbocycles. The van der Waals surface area contributed by atoms with E-state index in [0.717, 1.165) is 5.56 Å². The first-order valence-corrected chi connectivity index (χ1v) is 8.09. The summed E-state index contributed by atoms with van der Waals surface area (Å²) in [7, 11) is 1.65. The molecule has 1 heterocycles. The van der Waals surface area contributed by atoms with Crippen molar-refractivity contribution in [3.05, 3.63) is 76.2 Å². The zero-order chi connectivity index (χ0) is 18.1. The van der Waals surface area contributed by atoms with Gasteiger partial charge in [-0.1, -0.05) is 12.1 Å². The van der Waals surface area contributed by atoms with Gasteiger partial charge in [0.15, 0.2) is 0 Å². The predicted octanol–water partition coefficient (Wildman–Crippen LogP) is 4.91. The van der Waals surface area contributed by atoms with Crippen LogP contribution in [-0.4, -0.2) is 9.78 Å². The van der Waals surface area contributed by atoms with Crippen LogP contribution in [0.5, 0.6) is 0 Å². The second-order valence-corrected chi connectivity index (χ2v) is 6.32. The van der Waals surface area contributed by atoms with E-state index in [1.807, 2.05) is 13.0 Å². The number of halogens is 3. The molecule has 0 aliphatic heterocycles. The minimum atomic E-state index is -0.637. The molecule has 2 nitrogen and oxygen atoms in total. The molecular formula is C20H19F3N2. The lowest BCUT2D eigenvalue weighted by atomic mass is 10.00. The monoisotopic (exact) mass is 344 g/mol. The fourth-order valence-electron chi connectivity index (χ4n) is 2.99. The van der Waals surface area contributed by atoms with Crippen LogP contribution in [0.25, 0.3) is 11.3 Å². The van der Waals surface area contributed by atoms with Gasteiger partial charge in [-0.25, -0.2) is 13.2 Å². The van der Waals surface area contributed by atoms with Crippen molar-refractivity contribution in [2.45, 2.75) is 26.7 Å². The molecule has 0 aliphatic carbocycles. The van der Waals surface area contributed by atoms with Gasteiger partial charge in [0, 0.05) is 7.05 Å². The summed E-state index contributed by atoms with van der Waals surface area (Å²) in [5.41, 5.74) is 2.87. The molecule has 5 heteroatoms. The number of hydrogen-bond acceptors (Lipinski definition) is 1. The summed E-state index contributed by atoms with van der Waals surface area (Å²) in [6, 6.07) is 9.27. The summed E-state index contributed by atoms with van der Waals surface area (Å²) >= 11 is 0. The highest BCUT2D eigenvalue weighted by molar-refractivity contribution is 5.62. The maximum atomic E-state index is 14.5. The highest BCUT2D eigenvalue weighted by atomic mass is 19.1. The van der Waals surface area contributed by atoms with E-state index >= 15 is 0 Å². The van der Waals surface area contributed by atoms with E-state index < -0.39 is 11.6 Å². The summed E-state index contributed by atoms with van der Waals surface area (Å²) in [4.78, 5) is 0. The molecule has 0 N–H and O–H groups in total. The van der Waals surface area contributed by atoms with E-state index in [-0.39, 0.29) is 11.4 Å². The first kappa shape index (κ1) is 17.3. The molecule has 0 bridgehead atoms. The van der Waals surface area contributed by atoms with Gasteiger partial charge in [-0.3, -0.25) is 4.68 Å². The van der Waals surface area contributed by atoms with Gasteiger partial charge in [0.25, 0.3) is 0 Å². The molecule has 3 rings (SSSR count). The van der Waals surface area contributed by atoms with E-state index in [1.54, 1.807) is 26.1 Å². The van der Waals surface area contributed by atoms with Gasteiger partial charge >= 0.3 is 0 Å². The lowest BCUT2D eigenvalue weighted by Crippen LogP contribution is -2.01. The average molecular weight is 344 g/mol. The molecule has 0 unspecified atom stereocenters. The van der Waals surface area contributed by atoms with Crippen molar-refractivity contribution < 1.29 is 13.2 Å². The number of benzene rings is 2. The zero-order valence-electron chi connectivity index (χ0n) is 14.4. The van der Waals surface area contributed by atoms with Gasteiger partial charge in [-0.05, 0) is 67.6 Å². The topological polar surface area (TPSA) is 17.8 Å². The first-order valence-electron chi connectivity index (χ1n) is 8.09. The third-order valence-electron chi connectivity index (χ3n) is 4.25. The Morgan fingerprint density at radius 2 is 1.56 bits per heavy atom. The largest absolute Gasteiger partial charge is 0.267 e. The van der Waals surface area contributed by atoms with E-state index in [4.69, 9.17) is 0 Å². The fraction of sp³-hybridized carbons (Fsp3) is 0.250. The minimum absolute atomic E-state index is 0.0895. The Bertz CT molecular complexity index is 906. The van der Waals surface area contributed by atoms with E-state index in [2.05, 4.69) is 5.10 Å². The van der Waals surface area contributed by atoms with Gasteiger partial charge in [0.1, 0.15) is 17.5 Å². The summed E-state index contributed by atoms with van der Waals surface area (Å²) in [6.07, 6.45) is 0.744. The van der Waals surface area contributed by atoms with Gasteiger partial charge in [-0.15, -0.1) is 0 Å². The van der Waals surface area contributed by atoms with Crippen LogP contribution >= 0.6 is 0 Å². The molecule has 25 heavy (non-hydrogen) atoms. The van der Waals surface area contributed by atoms with Gasteiger partial charge in [0.2, 0.25) is 0 Å². The number of aromatic nitrogens is 2. The molecule has 130 valence electrons. The Hall–Kier alpha value is -2.56. The van der Waals surface area contributed by atoms with Crippen LogP contribution in [0, 0.1) is 31.3 Å². The lowest BCUT2D eigenvalue weighted by Gasteiger charge is -2.09. The molecule has 0 saturated heterocycles. The fourth-order valence-corrected chi connectivity index (χ4v) is 2.99. The van der Waals surface area contributed by atoms with E-state index in [0.29, 0.717) is 35.4 Å². The Morgan fingerprint density at radius 1 is 0.880 bits per heavy atom. The van der Waals surface area contributed by atoms with Crippen LogP contribution in [0.3, 0.4) is 0 Å². The number of nitrogens with zero attached hydrogens (tertiary/aromatic N) is 2. The average Bonchev–Trinajstić information content (AvgIpc) is 2.84. The zero-order valence-corrected chi connectivity index (χ0v) is 14.4. The SMILES string of the molecule is Cc1ccc(CCc2cc(F)c(-c3cc(C)nn3C)c(F)c2)c(F)c1. The van der Waals surface area contributed by atoms with Crippen LogP contribution in [-0.2, 0) is 19.9 Å². The van der Waals surface area contributed by atoms with Crippen LogP contribution < -0.4 is 0 Å². The Morgan fingerprint density at radius 3 is 2.12 bits per heavy atom. The minimum Gasteiger partial charge on any atom is -0.267 e. The van der Waals surface area contributed by atoms with Crippen LogP contribution in [0.1, 0.15) is 22.4 Å². The van der Waals surface area contributed by atoms with Gasteiger partial charge in [0.05, 0.1) is 17.0 Å². The standard InChI is InChI=1S/C20H19F3N2/c1-12-4-6-15(16(21)8-12)7-5-14-10-17(22)20(18(23)11-14)19-9-13(2)24-25(19)3/h4,6,8-11H,5,7H2,1-3H3. The predicted molar refractivity (Wildman–Crippen MR) is 91.8 cm³/mol. The highest BCUT2D eigenvalue weighted by Crippen LogP contribution is 2.28. The Balaban J connectivity index is 1.86. The first-order chi connectivity index (χ1) is 11.8. The molecule has 0 spiro atoms. The smallest absolute Gasteiger partial charge is 0.135 e. The van der Waals surface area contributed by atoms with Crippen molar-refractivity contribution in [3.8, 4) is 11.3 Å². The molecule has 2 aromatic carbocycles. The number of aryl methyl sites for hydroxylation is 5. The van der Waals surface area contributed by atoms with Crippen molar-refractivity contribution in [3.63, 3.8) is 0 Å². The number of rotatable bonds is 4. The molecule has 3 aromatic rings. The second kappa shape index (κ2) is 6.75. The van der Waals surface area contributed by atoms with Gasteiger partial charge < -0.3 is 0 Å². The molecule has 0 amide bonds. The molecule has 1 aromatic heterocycles. The Kier molecular flexibility index (Phi) is 4.66. The van der Waals surface area contributed by atoms with E-state index in [9.17, 15) is 13.2 Å². The maximum absolute atomic E-state index is 14.5. The quantitative estimate of drug-likeness (QED) is 0.658. The normalized spacial score (nSPS) is 11.1. The van der Waals surface area contributed by atoms with Crippen molar-refractivity contribution in [1.29, 1.82) is 0 Å². The molecular weight excluding hydrogens is 325 g/mol. The maximum Gasteiger partial charge on any atom is 0.135 e. The van der Waals surface area contributed by atoms with E-state index in [1.165, 1.54) is 22.9 Å². The summed E-state index contributed by atoms with van der Waals surface area (Å²) in [5.74, 6) is -1.56. The molecule has 0 aliphatic rings. The summed E-state index contributed by atoms with van der Waals surface area (Å²) in [5, 5.41) is 4.13. The summed E-state index contributed by atoms with van der Waals surface area (Å²) in [6.45, 7) is 3.58. The third-order valence-corrected chi connectivity index (χ3v) is 4.25. The van der Waals surface area contributed by atoms with Crippen molar-refractivity contribution in [2.24, 2.45) is 7.05 Å². The highest BCUT2D eigenvalue weighted by Gasteiger charge is 2.17. The summed E-state index contributed by atoms with van der Waals surface area (Å²) < 4.78 is 44.3. The van der Waals surface area contributed by atoms with Crippen LogP contribution in [0.15, 0.2) is 36.4 Å². The third kappa shape index (κ3) is 3.60. The molecule has 0 radical (unpaired) electrons. The second-order valence-electron chi connectivity index (χ2n) is 6.32. The van der Waals surface area contributed by atoms with Crippen molar-refractivity contribution >= 4 is 0 Å². The Labute approximate surface area is 144 Å². The van der Waals surface area contributed by atoms with Crippen molar-refractivity contribution in [1.82, 2.24) is 9.78 Å². The van der Waals surface area contributed by atoms with Gasteiger partial charge in [-0.2, -0.15) is 5.10 Å². The van der Waals surface area contributed by atoms with Crippen LogP contribution in [0.2, 0.25) is 0 Å². The molecule has 0 atom stereocenters.